The number of aryl methyl sites for hydroxylation is 1. The van der Waals surface area contributed by atoms with Crippen molar-refractivity contribution < 1.29 is 4.57 Å². The summed E-state index contributed by atoms with van der Waals surface area (Å²) in [5.74, 6) is 0.822. The Bertz CT molecular complexity index is 341. The van der Waals surface area contributed by atoms with Gasteiger partial charge in [0.15, 0.2) is 12.4 Å². The van der Waals surface area contributed by atoms with Crippen LogP contribution in [0, 0.1) is 5.92 Å². The summed E-state index contributed by atoms with van der Waals surface area (Å²) in [5.41, 5.74) is 1.50. The van der Waals surface area contributed by atoms with Gasteiger partial charge in [0.05, 0.1) is 0 Å². The van der Waals surface area contributed by atoms with E-state index in [9.17, 15) is 0 Å². The van der Waals surface area contributed by atoms with E-state index in [0.29, 0.717) is 0 Å². The highest BCUT2D eigenvalue weighted by Crippen LogP contribution is 2.15. The molecule has 120 valence electrons. The van der Waals surface area contributed by atoms with Crippen molar-refractivity contribution in [2.75, 3.05) is 0 Å². The lowest BCUT2D eigenvalue weighted by Gasteiger charge is -2.10. The Labute approximate surface area is 132 Å². The summed E-state index contributed by atoms with van der Waals surface area (Å²) in [4.78, 5) is 0. The second kappa shape index (κ2) is 11.8. The molecule has 0 bridgehead atoms. The third-order valence-corrected chi connectivity index (χ3v) is 4.36. The van der Waals surface area contributed by atoms with Gasteiger partial charge in [-0.05, 0) is 24.3 Å². The van der Waals surface area contributed by atoms with E-state index in [1.807, 2.05) is 0 Å². The Morgan fingerprint density at radius 3 is 2.10 bits per heavy atom. The average Bonchev–Trinajstić information content (AvgIpc) is 2.50. The third-order valence-electron chi connectivity index (χ3n) is 4.36. The Morgan fingerprint density at radius 1 is 0.857 bits per heavy atom. The Kier molecular flexibility index (Phi) is 10.2. The first-order valence-corrected chi connectivity index (χ1v) is 9.24. The van der Waals surface area contributed by atoms with Crippen LogP contribution in [0.25, 0.3) is 0 Å². The summed E-state index contributed by atoms with van der Waals surface area (Å²) >= 11 is 0. The van der Waals surface area contributed by atoms with E-state index < -0.39 is 0 Å². The summed E-state index contributed by atoms with van der Waals surface area (Å²) in [6, 6.07) is 4.64. The van der Waals surface area contributed by atoms with Crippen LogP contribution in [0.3, 0.4) is 0 Å². The molecule has 1 nitrogen and oxygen atoms in total. The molecule has 0 N–H and O–H groups in total. The van der Waals surface area contributed by atoms with Crippen molar-refractivity contribution in [3.05, 3.63) is 30.1 Å². The van der Waals surface area contributed by atoms with Crippen LogP contribution in [-0.4, -0.2) is 0 Å². The van der Waals surface area contributed by atoms with Crippen molar-refractivity contribution in [1.29, 1.82) is 0 Å². The van der Waals surface area contributed by atoms with E-state index >= 15 is 0 Å². The topological polar surface area (TPSA) is 3.88 Å². The molecule has 0 saturated heterocycles. The van der Waals surface area contributed by atoms with E-state index in [-0.39, 0.29) is 0 Å². The molecule has 1 atom stereocenters. The molecule has 21 heavy (non-hydrogen) atoms. The Hall–Kier alpha value is -0.850. The monoisotopic (exact) mass is 290 g/mol. The third kappa shape index (κ3) is 8.90. The SMILES string of the molecule is CCCCCCC(C)Cc1cc[n+](CCCCCC)cc1. The molecule has 0 amide bonds. The molecular weight excluding hydrogens is 254 g/mol. The summed E-state index contributed by atoms with van der Waals surface area (Å²) in [7, 11) is 0. The predicted molar refractivity (Wildman–Crippen MR) is 92.4 cm³/mol. The van der Waals surface area contributed by atoms with Gasteiger partial charge in [0.2, 0.25) is 0 Å². The lowest BCUT2D eigenvalue weighted by molar-refractivity contribution is -0.697. The first kappa shape index (κ1) is 18.2. The standard InChI is InChI=1S/C20H36N/c1-4-6-8-10-12-19(3)18-20-13-16-21(17-14-20)15-11-9-7-5-2/h13-14,16-17,19H,4-12,15,18H2,1-3H3/q+1. The molecule has 0 fully saturated rings. The number of hydrogen-bond donors (Lipinski definition) is 0. The molecule has 0 radical (unpaired) electrons. The fourth-order valence-corrected chi connectivity index (χ4v) is 2.92. The van der Waals surface area contributed by atoms with Gasteiger partial charge in [0.25, 0.3) is 0 Å². The molecule has 1 rings (SSSR count). The minimum absolute atomic E-state index is 0.822. The van der Waals surface area contributed by atoms with E-state index in [0.717, 1.165) is 5.92 Å². The number of nitrogens with zero attached hydrogens (tertiary/aromatic N) is 1. The van der Waals surface area contributed by atoms with Gasteiger partial charge in [-0.2, -0.15) is 0 Å². The number of unbranched alkanes of at least 4 members (excludes halogenated alkanes) is 6. The number of pyridine rings is 1. The van der Waals surface area contributed by atoms with E-state index in [1.165, 1.54) is 76.3 Å². The molecule has 0 saturated carbocycles. The van der Waals surface area contributed by atoms with Crippen LogP contribution >= 0.6 is 0 Å². The normalized spacial score (nSPS) is 12.5. The maximum atomic E-state index is 2.40. The average molecular weight is 291 g/mol. The lowest BCUT2D eigenvalue weighted by atomic mass is 9.96. The van der Waals surface area contributed by atoms with Gasteiger partial charge >= 0.3 is 0 Å². The Balaban J connectivity index is 2.23. The van der Waals surface area contributed by atoms with Gasteiger partial charge < -0.3 is 0 Å². The van der Waals surface area contributed by atoms with Crippen LogP contribution in [0.1, 0.15) is 84.1 Å². The predicted octanol–water partition coefficient (Wildman–Crippen LogP) is 5.70. The minimum atomic E-state index is 0.822. The number of rotatable bonds is 12. The summed E-state index contributed by atoms with van der Waals surface area (Å²) in [6.45, 7) is 8.13. The quantitative estimate of drug-likeness (QED) is 0.343. The molecule has 0 aliphatic heterocycles. The number of hydrogen-bond acceptors (Lipinski definition) is 0. The maximum Gasteiger partial charge on any atom is 0.169 e. The van der Waals surface area contributed by atoms with Crippen molar-refractivity contribution in [2.45, 2.75) is 91.5 Å². The molecule has 1 aromatic rings. The number of aromatic nitrogens is 1. The van der Waals surface area contributed by atoms with Gasteiger partial charge in [0, 0.05) is 18.6 Å². The zero-order valence-electron chi connectivity index (χ0n) is 14.6. The zero-order valence-corrected chi connectivity index (χ0v) is 14.6. The van der Waals surface area contributed by atoms with E-state index in [2.05, 4.69) is 49.9 Å². The summed E-state index contributed by atoms with van der Waals surface area (Å²) < 4.78 is 2.34. The molecular formula is C20H36N+. The first-order chi connectivity index (χ1) is 10.3. The molecule has 1 heteroatoms. The van der Waals surface area contributed by atoms with Crippen molar-refractivity contribution >= 4 is 0 Å². The lowest BCUT2D eigenvalue weighted by Crippen LogP contribution is -2.32. The van der Waals surface area contributed by atoms with Crippen LogP contribution in [-0.2, 0) is 13.0 Å². The van der Waals surface area contributed by atoms with Crippen LogP contribution in [0.15, 0.2) is 24.5 Å². The largest absolute Gasteiger partial charge is 0.205 e. The molecule has 0 spiro atoms. The van der Waals surface area contributed by atoms with Crippen LogP contribution < -0.4 is 4.57 Å². The zero-order chi connectivity index (χ0) is 15.3. The highest BCUT2D eigenvalue weighted by molar-refractivity contribution is 5.07. The van der Waals surface area contributed by atoms with Gasteiger partial charge in [-0.25, -0.2) is 4.57 Å². The smallest absolute Gasteiger partial charge is 0.169 e. The van der Waals surface area contributed by atoms with Gasteiger partial charge in [-0.15, -0.1) is 0 Å². The molecule has 1 unspecified atom stereocenters. The van der Waals surface area contributed by atoms with Crippen LogP contribution in [0.2, 0.25) is 0 Å². The molecule has 0 aliphatic carbocycles. The van der Waals surface area contributed by atoms with Gasteiger partial charge in [-0.3, -0.25) is 0 Å². The fraction of sp³-hybridized carbons (Fsp3) is 0.750. The van der Waals surface area contributed by atoms with E-state index in [1.54, 1.807) is 0 Å². The molecule has 1 heterocycles. The van der Waals surface area contributed by atoms with Crippen molar-refractivity contribution in [1.82, 2.24) is 0 Å². The molecule has 0 aliphatic rings. The van der Waals surface area contributed by atoms with Gasteiger partial charge in [0.1, 0.15) is 6.54 Å². The fourth-order valence-electron chi connectivity index (χ4n) is 2.92. The van der Waals surface area contributed by atoms with Crippen LogP contribution in [0.4, 0.5) is 0 Å². The highest BCUT2D eigenvalue weighted by atomic mass is 14.9. The summed E-state index contributed by atoms with van der Waals surface area (Å²) in [6.07, 6.45) is 18.1. The summed E-state index contributed by atoms with van der Waals surface area (Å²) in [5, 5.41) is 0. The van der Waals surface area contributed by atoms with Crippen LogP contribution in [0.5, 0.6) is 0 Å². The first-order valence-electron chi connectivity index (χ1n) is 9.24. The molecule has 1 aromatic heterocycles. The Morgan fingerprint density at radius 2 is 1.48 bits per heavy atom. The second-order valence-corrected chi connectivity index (χ2v) is 6.66. The molecule has 0 aromatic carbocycles. The van der Waals surface area contributed by atoms with Crippen molar-refractivity contribution in [2.24, 2.45) is 5.92 Å². The maximum absolute atomic E-state index is 2.40. The minimum Gasteiger partial charge on any atom is -0.205 e. The van der Waals surface area contributed by atoms with E-state index in [4.69, 9.17) is 0 Å². The van der Waals surface area contributed by atoms with Crippen molar-refractivity contribution in [3.63, 3.8) is 0 Å². The second-order valence-electron chi connectivity index (χ2n) is 6.66. The van der Waals surface area contributed by atoms with Crippen molar-refractivity contribution in [3.8, 4) is 0 Å². The highest BCUT2D eigenvalue weighted by Gasteiger charge is 2.06. The van der Waals surface area contributed by atoms with Gasteiger partial charge in [-0.1, -0.05) is 65.7 Å².